The molecule has 19 heteroatoms. The minimum atomic E-state index is -5.14. The molecule has 0 spiro atoms. The summed E-state index contributed by atoms with van der Waals surface area (Å²) in [5, 5.41) is 13.8. The van der Waals surface area contributed by atoms with Gasteiger partial charge in [0, 0.05) is 22.3 Å². The third-order valence-electron chi connectivity index (χ3n) is 6.74. The summed E-state index contributed by atoms with van der Waals surface area (Å²) in [5.74, 6) is -1.42. The van der Waals surface area contributed by atoms with Crippen LogP contribution in [-0.2, 0) is 38.6 Å². The number of amidine groups is 1. The van der Waals surface area contributed by atoms with Crippen molar-refractivity contribution in [1.29, 1.82) is 0 Å². The third kappa shape index (κ3) is 8.73. The lowest BCUT2D eigenvalue weighted by Gasteiger charge is -2.20. The number of hydrogen-bond donors (Lipinski definition) is 5. The number of nitrogens with one attached hydrogen (secondary N) is 3. The molecular formula is C29H26F6N6O6S. The molecule has 0 aliphatic rings. The summed E-state index contributed by atoms with van der Waals surface area (Å²) in [6, 6.07) is 8.07. The first-order chi connectivity index (χ1) is 22.2. The molecule has 0 fully saturated rings. The molecule has 4 rings (SSSR count). The minimum Gasteiger partial charge on any atom is -0.464 e. The summed E-state index contributed by atoms with van der Waals surface area (Å²) in [6.45, 7) is 3.67. The number of nitrogens with two attached hydrogens (primary N) is 2. The number of anilines is 2. The number of oxime groups is 1. The zero-order chi connectivity index (χ0) is 35.6. The molecule has 1 aromatic heterocycles. The van der Waals surface area contributed by atoms with Gasteiger partial charge in [0.25, 0.3) is 16.1 Å². The Balaban J connectivity index is 1.53. The number of benzene rings is 3. The predicted octanol–water partition coefficient (Wildman–Crippen LogP) is 5.68. The Bertz CT molecular complexity index is 1960. The fourth-order valence-corrected chi connectivity index (χ4v) is 4.90. The van der Waals surface area contributed by atoms with Crippen LogP contribution in [0.1, 0.15) is 46.3 Å². The van der Waals surface area contributed by atoms with Gasteiger partial charge in [0.05, 0.1) is 17.4 Å². The highest BCUT2D eigenvalue weighted by atomic mass is 32.2. The number of amides is 2. The second-order valence-electron chi connectivity index (χ2n) is 10.3. The fraction of sp³-hybridized carbons (Fsp3) is 0.207. The molecule has 0 aliphatic heterocycles. The molecule has 0 bridgehead atoms. The van der Waals surface area contributed by atoms with Gasteiger partial charge in [-0.15, -0.1) is 0 Å². The monoisotopic (exact) mass is 700 g/mol. The summed E-state index contributed by atoms with van der Waals surface area (Å²) < 4.78 is 109. The highest BCUT2D eigenvalue weighted by molar-refractivity contribution is 7.87. The largest absolute Gasteiger partial charge is 0.464 e. The third-order valence-corrected chi connectivity index (χ3v) is 7.22. The zero-order valence-electron chi connectivity index (χ0n) is 24.8. The zero-order valence-corrected chi connectivity index (χ0v) is 25.6. The predicted molar refractivity (Wildman–Crippen MR) is 162 cm³/mol. The van der Waals surface area contributed by atoms with Crippen LogP contribution >= 0.6 is 0 Å². The summed E-state index contributed by atoms with van der Waals surface area (Å²) in [4.78, 5) is 29.7. The van der Waals surface area contributed by atoms with Crippen molar-refractivity contribution in [3.05, 3.63) is 94.2 Å². The van der Waals surface area contributed by atoms with E-state index < -0.39 is 63.3 Å². The molecular weight excluding hydrogens is 674 g/mol. The highest BCUT2D eigenvalue weighted by Gasteiger charge is 2.37. The molecule has 1 heterocycles. The second-order valence-corrected chi connectivity index (χ2v) is 11.6. The lowest BCUT2D eigenvalue weighted by atomic mass is 9.98. The van der Waals surface area contributed by atoms with E-state index in [0.717, 1.165) is 11.1 Å². The molecule has 0 radical (unpaired) electrons. The molecule has 256 valence electrons. The Hall–Kier alpha value is -5.30. The van der Waals surface area contributed by atoms with Crippen molar-refractivity contribution in [2.45, 2.75) is 38.7 Å². The van der Waals surface area contributed by atoms with Crippen LogP contribution in [0.3, 0.4) is 0 Å². The average molecular weight is 701 g/mol. The normalized spacial score (nSPS) is 13.2. The van der Waals surface area contributed by atoms with Crippen molar-refractivity contribution in [3.63, 3.8) is 0 Å². The Morgan fingerprint density at radius 1 is 0.958 bits per heavy atom. The maximum absolute atomic E-state index is 13.1. The van der Waals surface area contributed by atoms with E-state index in [9.17, 15) is 44.3 Å². The van der Waals surface area contributed by atoms with Gasteiger partial charge < -0.3 is 15.5 Å². The van der Waals surface area contributed by atoms with Crippen molar-refractivity contribution in [3.8, 4) is 0 Å². The molecule has 0 saturated heterocycles. The number of aryl methyl sites for hydroxylation is 2. The van der Waals surface area contributed by atoms with E-state index in [0.29, 0.717) is 23.0 Å². The number of furan rings is 1. The van der Waals surface area contributed by atoms with Crippen molar-refractivity contribution < 1.29 is 53.6 Å². The number of nitrogens with zero attached hydrogens (tertiary/aromatic N) is 1. The molecule has 1 unspecified atom stereocenters. The van der Waals surface area contributed by atoms with Gasteiger partial charge in [-0.2, -0.15) is 34.8 Å². The van der Waals surface area contributed by atoms with Gasteiger partial charge in [-0.3, -0.25) is 14.9 Å². The van der Waals surface area contributed by atoms with Gasteiger partial charge >= 0.3 is 18.4 Å². The Morgan fingerprint density at radius 3 is 2.10 bits per heavy atom. The van der Waals surface area contributed by atoms with Gasteiger partial charge in [-0.1, -0.05) is 12.1 Å². The van der Waals surface area contributed by atoms with E-state index >= 15 is 0 Å². The van der Waals surface area contributed by atoms with Crippen LogP contribution in [0, 0.1) is 6.92 Å². The van der Waals surface area contributed by atoms with Crippen LogP contribution in [-0.4, -0.2) is 26.3 Å². The smallest absolute Gasteiger partial charge is 0.437 e. The first kappa shape index (κ1) is 35.6. The van der Waals surface area contributed by atoms with Crippen LogP contribution < -0.4 is 26.2 Å². The number of rotatable bonds is 9. The van der Waals surface area contributed by atoms with Crippen LogP contribution in [0.5, 0.6) is 0 Å². The maximum atomic E-state index is 13.1. The second kappa shape index (κ2) is 13.4. The molecule has 2 amide bonds. The van der Waals surface area contributed by atoms with E-state index in [1.54, 1.807) is 35.4 Å². The average Bonchev–Trinajstić information content (AvgIpc) is 3.36. The van der Waals surface area contributed by atoms with Crippen molar-refractivity contribution in [2.75, 3.05) is 10.6 Å². The van der Waals surface area contributed by atoms with Gasteiger partial charge in [0.2, 0.25) is 0 Å². The fourth-order valence-electron chi connectivity index (χ4n) is 4.50. The number of hydrogen-bond acceptors (Lipinski definition) is 8. The van der Waals surface area contributed by atoms with Gasteiger partial charge in [-0.05, 0) is 84.6 Å². The minimum absolute atomic E-state index is 0.110. The van der Waals surface area contributed by atoms with Crippen LogP contribution in [0.2, 0.25) is 0 Å². The van der Waals surface area contributed by atoms with E-state index in [1.165, 1.54) is 24.3 Å². The molecule has 12 nitrogen and oxygen atoms in total. The molecule has 0 aliphatic carbocycles. The number of fused-ring (bicyclic) bond motifs is 1. The van der Waals surface area contributed by atoms with Crippen LogP contribution in [0.15, 0.2) is 70.4 Å². The summed E-state index contributed by atoms with van der Waals surface area (Å²) in [5.41, 5.74) is 4.60. The quantitative estimate of drug-likeness (QED) is 0.0484. The van der Waals surface area contributed by atoms with Crippen molar-refractivity contribution in [1.82, 2.24) is 4.72 Å². The Kier molecular flexibility index (Phi) is 9.95. The number of carbonyl (C=O) groups excluding carboxylic acids is 2. The number of carbonyl (C=O) groups is 2. The first-order valence-corrected chi connectivity index (χ1v) is 15.1. The summed E-state index contributed by atoms with van der Waals surface area (Å²) in [6.07, 6.45) is -9.73. The maximum Gasteiger partial charge on any atom is 0.437 e. The van der Waals surface area contributed by atoms with E-state index in [-0.39, 0.29) is 29.4 Å². The van der Waals surface area contributed by atoms with Crippen molar-refractivity contribution in [2.24, 2.45) is 16.0 Å². The van der Waals surface area contributed by atoms with E-state index in [4.69, 9.17) is 15.3 Å². The van der Waals surface area contributed by atoms with Crippen LogP contribution in [0.25, 0.3) is 11.0 Å². The molecule has 48 heavy (non-hydrogen) atoms. The Labute approximate surface area is 268 Å². The number of alkyl halides is 6. The standard InChI is InChI=1S/C29H26F6N6O6S/c1-3-15-8-17(9-22-14(2)13-46-24(15)22)23(26(42)41-48(37,44)45)38-20-6-4-16(5-7-20)25(36)40-47-27(43)39-21-11-18(28(30,31)32)10-19(12-21)29(33,34)35/h4-13,23,38H,3H2,1-2H3,(H2,36,40)(H,39,43)(H,41,42)(H2,37,44,45). The van der Waals surface area contributed by atoms with Crippen molar-refractivity contribution >= 4 is 50.4 Å². The SMILES string of the molecule is CCc1cc(C(Nc2ccc(C(N)=NOC(=O)Nc3cc(C(F)(F)F)cc(C(F)(F)F)c3)cc2)C(=O)NS(N)(=O)=O)cc2c(C)coc12. The van der Waals surface area contributed by atoms with Gasteiger partial charge in [0.1, 0.15) is 11.6 Å². The van der Waals surface area contributed by atoms with Crippen LogP contribution in [0.4, 0.5) is 42.5 Å². The molecule has 7 N–H and O–H groups in total. The number of halogens is 6. The lowest BCUT2D eigenvalue weighted by molar-refractivity contribution is -0.143. The van der Waals surface area contributed by atoms with Gasteiger partial charge in [0.15, 0.2) is 5.84 Å². The summed E-state index contributed by atoms with van der Waals surface area (Å²) >= 11 is 0. The topological polar surface area (TPSA) is 191 Å². The van der Waals surface area contributed by atoms with E-state index in [1.807, 2.05) is 6.92 Å². The lowest BCUT2D eigenvalue weighted by Crippen LogP contribution is -2.41. The van der Waals surface area contributed by atoms with Gasteiger partial charge in [-0.25, -0.2) is 14.7 Å². The Morgan fingerprint density at radius 2 is 1.56 bits per heavy atom. The first-order valence-electron chi connectivity index (χ1n) is 13.6. The molecule has 0 saturated carbocycles. The molecule has 1 atom stereocenters. The molecule has 4 aromatic rings. The highest BCUT2D eigenvalue weighted by Crippen LogP contribution is 2.37. The summed E-state index contributed by atoms with van der Waals surface area (Å²) in [7, 11) is -4.43. The van der Waals surface area contributed by atoms with E-state index in [2.05, 4.69) is 15.3 Å². The molecule has 3 aromatic carbocycles.